The van der Waals surface area contributed by atoms with Crippen LogP contribution in [-0.4, -0.2) is 5.65 Å². The minimum absolute atomic E-state index is 0. The van der Waals surface area contributed by atoms with Crippen LogP contribution in [0.15, 0.2) is 146 Å². The van der Waals surface area contributed by atoms with Gasteiger partial charge in [0.1, 0.15) is 0 Å². The molecule has 5 aromatic rings. The molecule has 0 unspecified atom stereocenters. The summed E-state index contributed by atoms with van der Waals surface area (Å²) in [6, 6.07) is 50.0. The van der Waals surface area contributed by atoms with E-state index in [0.29, 0.717) is 6.16 Å². The Bertz CT molecular complexity index is 1410. The second-order valence-electron chi connectivity index (χ2n) is 10.1. The van der Waals surface area contributed by atoms with Crippen molar-refractivity contribution >= 4 is 46.3 Å². The largest absolute Gasteiger partial charge is 0.147 e. The fourth-order valence-electron chi connectivity index (χ4n) is 5.72. The van der Waals surface area contributed by atoms with Crippen LogP contribution in [-0.2, 0) is 6.16 Å². The second-order valence-corrected chi connectivity index (χ2v) is 15.0. The average Bonchev–Trinajstić information content (AvgIpc) is 2.98. The van der Waals surface area contributed by atoms with Crippen LogP contribution in [0.5, 0.6) is 0 Å². The molecule has 4 heteroatoms. The number of nitrogens with one attached hydrogen (secondary N) is 1. The van der Waals surface area contributed by atoms with Gasteiger partial charge in [-0.2, -0.15) is 0 Å². The van der Waals surface area contributed by atoms with Crippen LogP contribution in [0.25, 0.3) is 0 Å². The molecule has 0 saturated carbocycles. The van der Waals surface area contributed by atoms with Gasteiger partial charge in [-0.15, -0.1) is 12.4 Å². The van der Waals surface area contributed by atoms with Crippen molar-refractivity contribution in [3.8, 4) is 0 Å². The van der Waals surface area contributed by atoms with Crippen LogP contribution in [0.1, 0.15) is 30.9 Å². The number of carbonyl (C=O) groups is 1. The van der Waals surface area contributed by atoms with Crippen molar-refractivity contribution in [3.63, 3.8) is 0 Å². The molecule has 39 heavy (non-hydrogen) atoms. The molecule has 0 heterocycles. The molecule has 0 aliphatic rings. The number of benzene rings is 5. The van der Waals surface area contributed by atoms with Crippen molar-refractivity contribution in [1.29, 1.82) is 0 Å². The third kappa shape index (κ3) is 4.91. The maximum absolute atomic E-state index is 15.5. The summed E-state index contributed by atoms with van der Waals surface area (Å²) in [7, 11) is 0. The molecule has 0 saturated heterocycles. The number of hydrogen-bond donors (Lipinski definition) is 1. The van der Waals surface area contributed by atoms with Gasteiger partial charge in [-0.25, -0.2) is 0 Å². The zero-order chi connectivity index (χ0) is 26.5. The van der Waals surface area contributed by atoms with E-state index in [4.69, 9.17) is 0 Å². The van der Waals surface area contributed by atoms with Gasteiger partial charge in [-0.3, -0.25) is 0 Å². The summed E-state index contributed by atoms with van der Waals surface area (Å²) in [5.74, 6) is 0.275. The first kappa shape index (κ1) is 28.3. The van der Waals surface area contributed by atoms with Gasteiger partial charge < -0.3 is 0 Å². The van der Waals surface area contributed by atoms with Crippen LogP contribution in [0, 0.1) is 0 Å². The molecule has 1 amide bonds. The van der Waals surface area contributed by atoms with Gasteiger partial charge in [-0.05, 0) is 0 Å². The number of halogens is 1. The quantitative estimate of drug-likeness (QED) is 0.192. The van der Waals surface area contributed by atoms with Gasteiger partial charge in [0, 0.05) is 0 Å². The normalized spacial score (nSPS) is 12.1. The first-order chi connectivity index (χ1) is 18.6. The van der Waals surface area contributed by atoms with E-state index in [0.717, 1.165) is 32.7 Å². The summed E-state index contributed by atoms with van der Waals surface area (Å²) in [4.78, 5) is 15.5. The molecule has 0 aromatic heterocycles. The molecule has 2 nitrogen and oxygen atoms in total. The Balaban J connectivity index is 0.00000353. The van der Waals surface area contributed by atoms with Crippen LogP contribution >= 0.6 is 19.0 Å². The van der Waals surface area contributed by atoms with Crippen LogP contribution < -0.4 is 21.2 Å². The predicted molar refractivity (Wildman–Crippen MR) is 172 cm³/mol. The van der Waals surface area contributed by atoms with Crippen LogP contribution in [0.4, 0.5) is 10.5 Å². The third-order valence-corrected chi connectivity index (χ3v) is 13.9. The molecule has 0 radical (unpaired) electrons. The standard InChI is InChI=1S/C35H34NOP.ClH/c1-28(2)33-25-15-16-26-34(33)36-35(37)38(30-19-9-4-10-20-30,31-21-11-5-12-22-31,32-23-13-6-14-24-32)27-29-17-7-3-8-18-29;/h3-26,28H,27H2,1-2H3,(H,36,37);1H. The van der Waals surface area contributed by atoms with Gasteiger partial charge in [0.15, 0.2) is 0 Å². The molecule has 198 valence electrons. The predicted octanol–water partition coefficient (Wildman–Crippen LogP) is 8.49. The second kappa shape index (κ2) is 12.0. The number of anilines is 1. The average molecular weight is 552 g/mol. The Labute approximate surface area is 238 Å². The SMILES string of the molecule is CC(C)c1ccccc1NC(=O)P(Cc1ccccc1)(c1ccccc1)(c1ccccc1)c1ccccc1.Cl. The fourth-order valence-corrected chi connectivity index (χ4v) is 11.8. The van der Waals surface area contributed by atoms with Crippen molar-refractivity contribution in [1.82, 2.24) is 0 Å². The van der Waals surface area contributed by atoms with Crippen molar-refractivity contribution in [2.45, 2.75) is 25.9 Å². The van der Waals surface area contributed by atoms with Crippen LogP contribution in [0.2, 0.25) is 0 Å². The summed E-state index contributed by atoms with van der Waals surface area (Å²) in [6.07, 6.45) is 0.583. The molecular formula is C35H35ClNOP. The Morgan fingerprint density at radius 3 is 1.41 bits per heavy atom. The summed E-state index contributed by atoms with van der Waals surface area (Å²) < 4.78 is 0. The van der Waals surface area contributed by atoms with Crippen molar-refractivity contribution in [2.75, 3.05) is 5.32 Å². The smallest absolute Gasteiger partial charge is 0.147 e. The number of rotatable bonds is 8. The Kier molecular flexibility index (Phi) is 8.70. The molecule has 5 aromatic carbocycles. The molecule has 0 aliphatic heterocycles. The topological polar surface area (TPSA) is 29.1 Å². The number of amides is 1. The Hall–Kier alpha value is -3.71. The van der Waals surface area contributed by atoms with Gasteiger partial charge in [0.2, 0.25) is 0 Å². The maximum atomic E-state index is 15.5. The number of carbonyl (C=O) groups excluding carboxylic acids is 1. The van der Waals surface area contributed by atoms with E-state index < -0.39 is 6.60 Å². The van der Waals surface area contributed by atoms with E-state index in [1.54, 1.807) is 0 Å². The summed E-state index contributed by atoms with van der Waals surface area (Å²) in [6.45, 7) is 0.490. The molecule has 1 N–H and O–H groups in total. The van der Waals surface area contributed by atoms with Gasteiger partial charge in [0.05, 0.1) is 0 Å². The Morgan fingerprint density at radius 1 is 0.590 bits per heavy atom. The van der Waals surface area contributed by atoms with Gasteiger partial charge in [0.25, 0.3) is 0 Å². The molecule has 0 bridgehead atoms. The molecule has 0 aliphatic carbocycles. The molecule has 0 spiro atoms. The van der Waals surface area contributed by atoms with E-state index in [9.17, 15) is 0 Å². The summed E-state index contributed by atoms with van der Waals surface area (Å²) in [5.41, 5.74) is 3.19. The van der Waals surface area contributed by atoms with Crippen molar-refractivity contribution < 1.29 is 4.79 Å². The molecule has 0 fully saturated rings. The zero-order valence-corrected chi connectivity index (χ0v) is 24.1. The third-order valence-electron chi connectivity index (χ3n) is 7.59. The van der Waals surface area contributed by atoms with E-state index >= 15 is 4.79 Å². The van der Waals surface area contributed by atoms with E-state index in [2.05, 4.69) is 122 Å². The number of hydrogen-bond acceptors (Lipinski definition) is 1. The number of para-hydroxylation sites is 1. The van der Waals surface area contributed by atoms with Crippen LogP contribution in [0.3, 0.4) is 0 Å². The van der Waals surface area contributed by atoms with E-state index in [1.165, 1.54) is 0 Å². The van der Waals surface area contributed by atoms with E-state index in [-0.39, 0.29) is 24.0 Å². The fraction of sp³-hybridized carbons (Fsp3) is 0.114. The first-order valence-electron chi connectivity index (χ1n) is 13.2. The molecule has 5 rings (SSSR count). The Morgan fingerprint density at radius 2 is 0.974 bits per heavy atom. The van der Waals surface area contributed by atoms with Gasteiger partial charge >= 0.3 is 227 Å². The summed E-state index contributed by atoms with van der Waals surface area (Å²) >= 11 is 0. The summed E-state index contributed by atoms with van der Waals surface area (Å²) in [5, 5.41) is 6.67. The zero-order valence-electron chi connectivity index (χ0n) is 22.4. The van der Waals surface area contributed by atoms with Crippen molar-refractivity contribution in [3.05, 3.63) is 157 Å². The minimum Gasteiger partial charge on any atom is -0.147 e. The van der Waals surface area contributed by atoms with Crippen molar-refractivity contribution in [2.24, 2.45) is 0 Å². The maximum Gasteiger partial charge on any atom is -0.147 e. The van der Waals surface area contributed by atoms with Gasteiger partial charge in [-0.1, -0.05) is 0 Å². The molecular weight excluding hydrogens is 517 g/mol. The minimum atomic E-state index is -3.84. The molecule has 0 atom stereocenters. The first-order valence-corrected chi connectivity index (χ1v) is 15.6. The monoisotopic (exact) mass is 551 g/mol. The van der Waals surface area contributed by atoms with E-state index in [1.807, 2.05) is 42.5 Å².